The molecule has 0 saturated heterocycles. The standard InChI is InChI=1S/C16H14FNO4/c17-12-3-5-13(6-4-12)18-16(21)11-1-7-14(8-2-11)22-10-9-15(19)20/h1-8H,9-10H2,(H,18,21)(H,19,20). The van der Waals surface area contributed by atoms with E-state index in [4.69, 9.17) is 9.84 Å². The van der Waals surface area contributed by atoms with Gasteiger partial charge in [0.15, 0.2) is 0 Å². The van der Waals surface area contributed by atoms with Gasteiger partial charge in [-0.2, -0.15) is 0 Å². The lowest BCUT2D eigenvalue weighted by atomic mass is 10.2. The van der Waals surface area contributed by atoms with Crippen molar-refractivity contribution in [2.75, 3.05) is 11.9 Å². The highest BCUT2D eigenvalue weighted by atomic mass is 19.1. The van der Waals surface area contributed by atoms with Crippen LogP contribution in [0.5, 0.6) is 5.75 Å². The van der Waals surface area contributed by atoms with E-state index in [0.717, 1.165) is 0 Å². The quantitative estimate of drug-likeness (QED) is 0.860. The van der Waals surface area contributed by atoms with E-state index in [0.29, 0.717) is 17.0 Å². The molecule has 1 amide bonds. The van der Waals surface area contributed by atoms with Crippen LogP contribution in [0.1, 0.15) is 16.8 Å². The van der Waals surface area contributed by atoms with E-state index < -0.39 is 5.97 Å². The van der Waals surface area contributed by atoms with Gasteiger partial charge in [-0.3, -0.25) is 9.59 Å². The van der Waals surface area contributed by atoms with Gasteiger partial charge in [-0.1, -0.05) is 0 Å². The Labute approximate surface area is 126 Å². The van der Waals surface area contributed by atoms with Gasteiger partial charge in [0.1, 0.15) is 11.6 Å². The third-order valence-electron chi connectivity index (χ3n) is 2.80. The van der Waals surface area contributed by atoms with Crippen LogP contribution < -0.4 is 10.1 Å². The summed E-state index contributed by atoms with van der Waals surface area (Å²) in [5.41, 5.74) is 0.906. The first-order valence-corrected chi connectivity index (χ1v) is 6.56. The molecule has 0 radical (unpaired) electrons. The number of hydrogen-bond acceptors (Lipinski definition) is 3. The first-order chi connectivity index (χ1) is 10.5. The highest BCUT2D eigenvalue weighted by Gasteiger charge is 2.06. The SMILES string of the molecule is O=C(O)CCOc1ccc(C(=O)Nc2ccc(F)cc2)cc1. The smallest absolute Gasteiger partial charge is 0.306 e. The van der Waals surface area contributed by atoms with Crippen LogP contribution in [0.3, 0.4) is 0 Å². The molecule has 2 N–H and O–H groups in total. The lowest BCUT2D eigenvalue weighted by molar-refractivity contribution is -0.137. The highest BCUT2D eigenvalue weighted by molar-refractivity contribution is 6.04. The highest BCUT2D eigenvalue weighted by Crippen LogP contribution is 2.15. The third kappa shape index (κ3) is 4.59. The third-order valence-corrected chi connectivity index (χ3v) is 2.80. The minimum absolute atomic E-state index is 0.0659. The molecule has 5 nitrogen and oxygen atoms in total. The van der Waals surface area contributed by atoms with Gasteiger partial charge in [-0.05, 0) is 48.5 Å². The zero-order chi connectivity index (χ0) is 15.9. The van der Waals surface area contributed by atoms with E-state index >= 15 is 0 Å². The molecular weight excluding hydrogens is 289 g/mol. The fourth-order valence-electron chi connectivity index (χ4n) is 1.70. The Morgan fingerprint density at radius 2 is 1.68 bits per heavy atom. The van der Waals surface area contributed by atoms with Crippen molar-refractivity contribution in [1.82, 2.24) is 0 Å². The van der Waals surface area contributed by atoms with Crippen molar-refractivity contribution in [3.8, 4) is 5.75 Å². The van der Waals surface area contributed by atoms with Crippen LogP contribution in [-0.4, -0.2) is 23.6 Å². The molecule has 2 rings (SSSR count). The van der Waals surface area contributed by atoms with Crippen molar-refractivity contribution in [2.45, 2.75) is 6.42 Å². The molecule has 0 heterocycles. The monoisotopic (exact) mass is 303 g/mol. The van der Waals surface area contributed by atoms with Crippen LogP contribution >= 0.6 is 0 Å². The maximum atomic E-state index is 12.8. The van der Waals surface area contributed by atoms with Crippen molar-refractivity contribution in [2.24, 2.45) is 0 Å². The normalized spacial score (nSPS) is 10.0. The summed E-state index contributed by atoms with van der Waals surface area (Å²) in [6, 6.07) is 11.8. The summed E-state index contributed by atoms with van der Waals surface area (Å²) in [5, 5.41) is 11.1. The van der Waals surface area contributed by atoms with Crippen molar-refractivity contribution >= 4 is 17.6 Å². The molecule has 0 aliphatic rings. The summed E-state index contributed by atoms with van der Waals surface area (Å²) in [5.74, 6) is -1.15. The number of rotatable bonds is 6. The Bertz CT molecular complexity index is 653. The molecule has 0 aromatic heterocycles. The van der Waals surface area contributed by atoms with Crippen LogP contribution in [0.15, 0.2) is 48.5 Å². The number of carboxylic acid groups (broad SMARTS) is 1. The van der Waals surface area contributed by atoms with Crippen molar-refractivity contribution in [3.63, 3.8) is 0 Å². The van der Waals surface area contributed by atoms with Crippen molar-refractivity contribution in [1.29, 1.82) is 0 Å². The van der Waals surface area contributed by atoms with Crippen molar-refractivity contribution in [3.05, 3.63) is 59.9 Å². The van der Waals surface area contributed by atoms with Gasteiger partial charge in [-0.25, -0.2) is 4.39 Å². The zero-order valence-corrected chi connectivity index (χ0v) is 11.6. The molecule has 22 heavy (non-hydrogen) atoms. The van der Waals surface area contributed by atoms with Gasteiger partial charge >= 0.3 is 5.97 Å². The fraction of sp³-hybridized carbons (Fsp3) is 0.125. The second-order valence-electron chi connectivity index (χ2n) is 4.48. The molecule has 0 spiro atoms. The number of halogens is 1. The lowest BCUT2D eigenvalue weighted by Crippen LogP contribution is -2.11. The molecule has 0 atom stereocenters. The number of amides is 1. The van der Waals surface area contributed by atoms with Crippen LogP contribution in [0.4, 0.5) is 10.1 Å². The molecule has 6 heteroatoms. The number of nitrogens with one attached hydrogen (secondary N) is 1. The average molecular weight is 303 g/mol. The second-order valence-corrected chi connectivity index (χ2v) is 4.48. The van der Waals surface area contributed by atoms with E-state index in [1.54, 1.807) is 24.3 Å². The van der Waals surface area contributed by atoms with E-state index in [2.05, 4.69) is 5.32 Å². The number of hydrogen-bond donors (Lipinski definition) is 2. The molecule has 0 saturated carbocycles. The Hall–Kier alpha value is -2.89. The predicted molar refractivity (Wildman–Crippen MR) is 78.5 cm³/mol. The van der Waals surface area contributed by atoms with Gasteiger partial charge in [0.25, 0.3) is 5.91 Å². The van der Waals surface area contributed by atoms with Crippen molar-refractivity contribution < 1.29 is 23.8 Å². The van der Waals surface area contributed by atoms with Gasteiger partial charge in [-0.15, -0.1) is 0 Å². The largest absolute Gasteiger partial charge is 0.493 e. The molecule has 114 valence electrons. The summed E-state index contributed by atoms with van der Waals surface area (Å²) in [7, 11) is 0. The lowest BCUT2D eigenvalue weighted by Gasteiger charge is -2.07. The predicted octanol–water partition coefficient (Wildman–Crippen LogP) is 2.93. The molecule has 0 aliphatic carbocycles. The molecular formula is C16H14FNO4. The number of carbonyl (C=O) groups is 2. The zero-order valence-electron chi connectivity index (χ0n) is 11.6. The molecule has 2 aromatic rings. The first kappa shape index (κ1) is 15.5. The van der Waals surface area contributed by atoms with Crippen LogP contribution in [0, 0.1) is 5.82 Å². The van der Waals surface area contributed by atoms with Crippen LogP contribution in [0.2, 0.25) is 0 Å². The molecule has 0 aliphatic heterocycles. The van der Waals surface area contributed by atoms with Gasteiger partial charge in [0, 0.05) is 11.3 Å². The topological polar surface area (TPSA) is 75.6 Å². The maximum Gasteiger partial charge on any atom is 0.306 e. The summed E-state index contributed by atoms with van der Waals surface area (Å²) in [6.45, 7) is 0.0659. The number of benzene rings is 2. The molecule has 0 unspecified atom stereocenters. The molecule has 0 fully saturated rings. The van der Waals surface area contributed by atoms with Gasteiger partial charge < -0.3 is 15.2 Å². The van der Waals surface area contributed by atoms with E-state index in [1.807, 2.05) is 0 Å². The summed E-state index contributed by atoms with van der Waals surface area (Å²) in [6.07, 6.45) is -0.0905. The van der Waals surface area contributed by atoms with Crippen LogP contribution in [0.25, 0.3) is 0 Å². The van der Waals surface area contributed by atoms with E-state index in [-0.39, 0.29) is 24.8 Å². The number of anilines is 1. The van der Waals surface area contributed by atoms with Gasteiger partial charge in [0.05, 0.1) is 13.0 Å². The number of carbonyl (C=O) groups excluding carboxylic acids is 1. The van der Waals surface area contributed by atoms with E-state index in [1.165, 1.54) is 24.3 Å². The fourth-order valence-corrected chi connectivity index (χ4v) is 1.70. The Kier molecular flexibility index (Phi) is 5.08. The van der Waals surface area contributed by atoms with E-state index in [9.17, 15) is 14.0 Å². The Morgan fingerprint density at radius 1 is 1.05 bits per heavy atom. The average Bonchev–Trinajstić information content (AvgIpc) is 2.50. The second kappa shape index (κ2) is 7.21. The first-order valence-electron chi connectivity index (χ1n) is 6.56. The minimum Gasteiger partial charge on any atom is -0.493 e. The Balaban J connectivity index is 1.93. The summed E-state index contributed by atoms with van der Waals surface area (Å²) in [4.78, 5) is 22.4. The maximum absolute atomic E-state index is 12.8. The number of aliphatic carboxylic acids is 1. The molecule has 0 bridgehead atoms. The van der Waals surface area contributed by atoms with Gasteiger partial charge in [0.2, 0.25) is 0 Å². The summed E-state index contributed by atoms with van der Waals surface area (Å²) < 4.78 is 18.0. The number of ether oxygens (including phenoxy) is 1. The minimum atomic E-state index is -0.935. The number of carboxylic acids is 1. The van der Waals surface area contributed by atoms with Crippen LogP contribution in [-0.2, 0) is 4.79 Å². The molecule has 2 aromatic carbocycles. The Morgan fingerprint density at radius 3 is 2.27 bits per heavy atom. The summed E-state index contributed by atoms with van der Waals surface area (Å²) >= 11 is 0.